The Morgan fingerprint density at radius 2 is 2.00 bits per heavy atom. The topological polar surface area (TPSA) is 58.4 Å². The first kappa shape index (κ1) is 13.2. The van der Waals surface area contributed by atoms with Crippen LogP contribution in [0.2, 0.25) is 0 Å². The maximum absolute atomic E-state index is 12.9. The van der Waals surface area contributed by atoms with Crippen molar-refractivity contribution >= 4 is 17.0 Å². The van der Waals surface area contributed by atoms with Crippen LogP contribution in [0, 0.1) is 0 Å². The Labute approximate surface area is 105 Å². The van der Waals surface area contributed by atoms with Crippen molar-refractivity contribution in [3.05, 3.63) is 29.6 Å². The van der Waals surface area contributed by atoms with Crippen LogP contribution in [0.25, 0.3) is 11.0 Å². The molecule has 1 N–H and O–H groups in total. The number of nitrogens with zero attached hydrogens (tertiary/aromatic N) is 3. The van der Waals surface area contributed by atoms with E-state index in [1.807, 2.05) is 0 Å². The second-order valence-electron chi connectivity index (χ2n) is 4.07. The average molecular weight is 273 g/mol. The number of benzene rings is 1. The van der Waals surface area contributed by atoms with Gasteiger partial charge in [-0.05, 0) is 12.1 Å². The second-order valence-corrected chi connectivity index (χ2v) is 4.07. The lowest BCUT2D eigenvalue weighted by Crippen LogP contribution is -2.30. The molecule has 5 nitrogen and oxygen atoms in total. The Bertz CT molecular complexity index is 646. The van der Waals surface area contributed by atoms with Crippen molar-refractivity contribution in [2.75, 3.05) is 19.1 Å². The summed E-state index contributed by atoms with van der Waals surface area (Å²) in [4.78, 5) is 14.6. The van der Waals surface area contributed by atoms with Crippen molar-refractivity contribution in [1.82, 2.24) is 9.66 Å². The van der Waals surface area contributed by atoms with Crippen molar-refractivity contribution in [3.8, 4) is 0 Å². The minimum atomic E-state index is -4.67. The predicted octanol–water partition coefficient (Wildman–Crippen LogP) is 1.95. The van der Waals surface area contributed by atoms with Gasteiger partial charge >= 0.3 is 12.1 Å². The van der Waals surface area contributed by atoms with E-state index >= 15 is 0 Å². The van der Waals surface area contributed by atoms with Crippen LogP contribution in [0.3, 0.4) is 0 Å². The average Bonchev–Trinajstić information content (AvgIpc) is 2.67. The van der Waals surface area contributed by atoms with E-state index in [1.54, 1.807) is 0 Å². The highest BCUT2D eigenvalue weighted by atomic mass is 19.4. The van der Waals surface area contributed by atoms with Crippen molar-refractivity contribution in [3.63, 3.8) is 0 Å². The number of carboxylic acid groups (broad SMARTS) is 1. The van der Waals surface area contributed by atoms with Crippen LogP contribution >= 0.6 is 0 Å². The van der Waals surface area contributed by atoms with Gasteiger partial charge in [0.25, 0.3) is 0 Å². The van der Waals surface area contributed by atoms with Gasteiger partial charge in [0.05, 0.1) is 11.1 Å². The zero-order chi connectivity index (χ0) is 14.4. The first-order valence-corrected chi connectivity index (χ1v) is 5.23. The van der Waals surface area contributed by atoms with Gasteiger partial charge in [-0.15, -0.1) is 0 Å². The van der Waals surface area contributed by atoms with E-state index in [2.05, 4.69) is 4.98 Å². The summed E-state index contributed by atoms with van der Waals surface area (Å²) < 4.78 is 39.5. The number of aromatic carboxylic acids is 1. The number of carbonyl (C=O) groups is 1. The van der Waals surface area contributed by atoms with E-state index in [1.165, 1.54) is 32.3 Å². The summed E-state index contributed by atoms with van der Waals surface area (Å²) in [5.74, 6) is -2.46. The van der Waals surface area contributed by atoms with Crippen molar-refractivity contribution < 1.29 is 23.1 Å². The molecule has 0 aliphatic heterocycles. The molecule has 0 aliphatic carbocycles. The minimum Gasteiger partial charge on any atom is -0.478 e. The molecule has 2 rings (SSSR count). The maximum Gasteiger partial charge on any atom is 0.451 e. The zero-order valence-electron chi connectivity index (χ0n) is 10.1. The van der Waals surface area contributed by atoms with Crippen LogP contribution < -0.4 is 5.01 Å². The number of hydrogen-bond donors (Lipinski definition) is 1. The Balaban J connectivity index is 2.92. The molecule has 0 spiro atoms. The molecule has 0 saturated carbocycles. The summed E-state index contributed by atoms with van der Waals surface area (Å²) in [6, 6.07) is 3.95. The smallest absolute Gasteiger partial charge is 0.451 e. The first-order valence-electron chi connectivity index (χ1n) is 5.23. The van der Waals surface area contributed by atoms with Crippen LogP contribution in [0.4, 0.5) is 13.2 Å². The van der Waals surface area contributed by atoms with E-state index in [0.717, 1.165) is 9.69 Å². The molecule has 1 aromatic heterocycles. The molecule has 1 aromatic carbocycles. The highest BCUT2D eigenvalue weighted by Crippen LogP contribution is 2.32. The number of halogens is 3. The molecule has 2 aromatic rings. The molecular formula is C11H10F3N3O2. The monoisotopic (exact) mass is 273 g/mol. The molecule has 0 saturated heterocycles. The summed E-state index contributed by atoms with van der Waals surface area (Å²) >= 11 is 0. The normalized spacial score (nSPS) is 11.8. The quantitative estimate of drug-likeness (QED) is 0.908. The van der Waals surface area contributed by atoms with Crippen molar-refractivity contribution in [1.29, 1.82) is 0 Å². The molecule has 19 heavy (non-hydrogen) atoms. The lowest BCUT2D eigenvalue weighted by atomic mass is 10.2. The standard InChI is InChI=1S/C11H10F3N3O2/c1-16(2)17-8-6(9(18)19)4-3-5-7(8)15-10(17)11(12,13)14/h3-5H,1-2H3,(H,18,19). The van der Waals surface area contributed by atoms with Gasteiger partial charge in [-0.1, -0.05) is 6.07 Å². The van der Waals surface area contributed by atoms with Crippen LogP contribution in [0.5, 0.6) is 0 Å². The third-order valence-electron chi connectivity index (χ3n) is 2.54. The lowest BCUT2D eigenvalue weighted by Gasteiger charge is -2.19. The third kappa shape index (κ3) is 2.09. The van der Waals surface area contributed by atoms with Crippen LogP contribution in [0.1, 0.15) is 16.2 Å². The van der Waals surface area contributed by atoms with Gasteiger partial charge in [0, 0.05) is 14.1 Å². The van der Waals surface area contributed by atoms with E-state index in [-0.39, 0.29) is 16.6 Å². The fourth-order valence-electron chi connectivity index (χ4n) is 1.86. The number of para-hydroxylation sites is 1. The fourth-order valence-corrected chi connectivity index (χ4v) is 1.86. The molecule has 0 aliphatic rings. The summed E-state index contributed by atoms with van der Waals surface area (Å²) in [5.41, 5.74) is -0.317. The lowest BCUT2D eigenvalue weighted by molar-refractivity contribution is -0.146. The summed E-state index contributed by atoms with van der Waals surface area (Å²) in [5, 5.41) is 10.2. The highest BCUT2D eigenvalue weighted by molar-refractivity contribution is 6.01. The number of fused-ring (bicyclic) bond motifs is 1. The molecule has 8 heteroatoms. The van der Waals surface area contributed by atoms with Crippen molar-refractivity contribution in [2.45, 2.75) is 6.18 Å². The summed E-state index contributed by atoms with van der Waals surface area (Å²) in [6.07, 6.45) is -4.67. The molecule has 1 heterocycles. The van der Waals surface area contributed by atoms with Crippen LogP contribution in [-0.2, 0) is 6.18 Å². The minimum absolute atomic E-state index is 0.0130. The largest absolute Gasteiger partial charge is 0.478 e. The molecule has 102 valence electrons. The summed E-state index contributed by atoms with van der Waals surface area (Å²) in [6.45, 7) is 0. The molecule has 0 atom stereocenters. The zero-order valence-corrected chi connectivity index (χ0v) is 10.1. The number of hydrogen-bond acceptors (Lipinski definition) is 3. The van der Waals surface area contributed by atoms with Crippen LogP contribution in [0.15, 0.2) is 18.2 Å². The number of aromatic nitrogens is 2. The molecule has 0 fully saturated rings. The molecule has 0 amide bonds. The van der Waals surface area contributed by atoms with Gasteiger partial charge in [0.1, 0.15) is 5.52 Å². The fraction of sp³-hybridized carbons (Fsp3) is 0.273. The Morgan fingerprint density at radius 3 is 2.47 bits per heavy atom. The van der Waals surface area contributed by atoms with E-state index < -0.39 is 18.0 Å². The van der Waals surface area contributed by atoms with E-state index in [0.29, 0.717) is 0 Å². The van der Waals surface area contributed by atoms with Crippen LogP contribution in [-0.4, -0.2) is 34.8 Å². The Hall–Kier alpha value is -2.25. The van der Waals surface area contributed by atoms with E-state index in [9.17, 15) is 18.0 Å². The maximum atomic E-state index is 12.9. The summed E-state index contributed by atoms with van der Waals surface area (Å²) in [7, 11) is 2.77. The third-order valence-corrected chi connectivity index (χ3v) is 2.54. The van der Waals surface area contributed by atoms with Gasteiger partial charge in [0.2, 0.25) is 5.82 Å². The predicted molar refractivity (Wildman–Crippen MR) is 61.8 cm³/mol. The van der Waals surface area contributed by atoms with Crippen molar-refractivity contribution in [2.24, 2.45) is 0 Å². The Morgan fingerprint density at radius 1 is 1.37 bits per heavy atom. The highest BCUT2D eigenvalue weighted by Gasteiger charge is 2.39. The first-order chi connectivity index (χ1) is 8.73. The SMILES string of the molecule is CN(C)n1c(C(F)(F)F)nc2cccc(C(=O)O)c21. The van der Waals surface area contributed by atoms with Gasteiger partial charge < -0.3 is 10.1 Å². The number of alkyl halides is 3. The molecule has 0 bridgehead atoms. The number of rotatable bonds is 2. The van der Waals surface area contributed by atoms with Gasteiger partial charge in [0.15, 0.2) is 0 Å². The van der Waals surface area contributed by atoms with E-state index in [4.69, 9.17) is 5.11 Å². The number of carboxylic acids is 1. The molecule has 0 unspecified atom stereocenters. The van der Waals surface area contributed by atoms with Gasteiger partial charge in [-0.25, -0.2) is 14.5 Å². The number of imidazole rings is 1. The second kappa shape index (κ2) is 4.15. The Kier molecular flexibility index (Phi) is 2.88. The molecular weight excluding hydrogens is 263 g/mol. The van der Waals surface area contributed by atoms with Gasteiger partial charge in [-0.3, -0.25) is 0 Å². The van der Waals surface area contributed by atoms with Gasteiger partial charge in [-0.2, -0.15) is 13.2 Å². The molecule has 0 radical (unpaired) electrons.